The van der Waals surface area contributed by atoms with Crippen molar-refractivity contribution < 1.29 is 17.9 Å². The number of ether oxygens (including phenoxy) is 2. The number of rotatable bonds is 7. The molecule has 0 saturated carbocycles. The lowest BCUT2D eigenvalue weighted by Crippen LogP contribution is -2.49. The van der Waals surface area contributed by atoms with Crippen molar-refractivity contribution in [3.8, 4) is 0 Å². The van der Waals surface area contributed by atoms with Gasteiger partial charge in [0.25, 0.3) is 0 Å². The Morgan fingerprint density at radius 1 is 1.25 bits per heavy atom. The fourth-order valence-corrected chi connectivity index (χ4v) is 4.16. The highest BCUT2D eigenvalue weighted by atomic mass is 32.2. The van der Waals surface area contributed by atoms with E-state index in [9.17, 15) is 8.42 Å². The minimum atomic E-state index is -3.28. The van der Waals surface area contributed by atoms with E-state index in [2.05, 4.69) is 0 Å². The summed E-state index contributed by atoms with van der Waals surface area (Å²) >= 11 is 4.91. The Bertz CT molecular complexity index is 633. The Labute approximate surface area is 150 Å². The van der Waals surface area contributed by atoms with E-state index in [0.717, 1.165) is 18.4 Å². The molecule has 0 aliphatic carbocycles. The van der Waals surface area contributed by atoms with E-state index >= 15 is 0 Å². The first-order valence-corrected chi connectivity index (χ1v) is 10.3. The number of thiocarbonyl (C=S) groups is 1. The van der Waals surface area contributed by atoms with Gasteiger partial charge in [-0.2, -0.15) is 4.31 Å². The summed E-state index contributed by atoms with van der Waals surface area (Å²) < 4.78 is 36.8. The molecular weight excluding hydrogens is 346 g/mol. The van der Waals surface area contributed by atoms with Gasteiger partial charge >= 0.3 is 0 Å². The SMILES string of the molecule is CC(=S)OC[C@@H]1CCC(COCc2ccccc2)CN1S(C)(=O)=O. The van der Waals surface area contributed by atoms with Gasteiger partial charge in [0, 0.05) is 13.5 Å². The normalized spacial score (nSPS) is 22.2. The van der Waals surface area contributed by atoms with Gasteiger partial charge < -0.3 is 9.47 Å². The fourth-order valence-electron chi connectivity index (χ4n) is 2.91. The molecule has 5 nitrogen and oxygen atoms in total. The van der Waals surface area contributed by atoms with Crippen molar-refractivity contribution in [3.05, 3.63) is 35.9 Å². The molecule has 0 bridgehead atoms. The highest BCUT2D eigenvalue weighted by molar-refractivity contribution is 7.88. The van der Waals surface area contributed by atoms with Gasteiger partial charge in [0.15, 0.2) is 5.05 Å². The molecule has 1 aliphatic rings. The topological polar surface area (TPSA) is 55.8 Å². The van der Waals surface area contributed by atoms with Crippen LogP contribution in [0.15, 0.2) is 30.3 Å². The summed E-state index contributed by atoms with van der Waals surface area (Å²) in [6, 6.07) is 9.82. The molecule has 1 saturated heterocycles. The van der Waals surface area contributed by atoms with E-state index in [0.29, 0.717) is 31.4 Å². The van der Waals surface area contributed by atoms with Crippen LogP contribution in [0.2, 0.25) is 0 Å². The van der Waals surface area contributed by atoms with Gasteiger partial charge in [0.2, 0.25) is 10.0 Å². The van der Waals surface area contributed by atoms with Gasteiger partial charge in [-0.1, -0.05) is 30.3 Å². The third-order valence-electron chi connectivity index (χ3n) is 4.12. The van der Waals surface area contributed by atoms with Gasteiger partial charge in [-0.25, -0.2) is 8.42 Å². The average Bonchev–Trinajstić information content (AvgIpc) is 2.53. The molecule has 0 amide bonds. The molecule has 2 atom stereocenters. The molecule has 134 valence electrons. The van der Waals surface area contributed by atoms with Crippen molar-refractivity contribution in [3.63, 3.8) is 0 Å². The molecule has 0 aromatic heterocycles. The van der Waals surface area contributed by atoms with Crippen LogP contribution in [0.1, 0.15) is 25.3 Å². The number of piperidine rings is 1. The molecule has 0 radical (unpaired) electrons. The van der Waals surface area contributed by atoms with E-state index in [1.807, 2.05) is 30.3 Å². The molecule has 0 spiro atoms. The number of sulfonamides is 1. The van der Waals surface area contributed by atoms with E-state index in [1.165, 1.54) is 10.6 Å². The van der Waals surface area contributed by atoms with Crippen molar-refractivity contribution in [1.82, 2.24) is 4.31 Å². The summed E-state index contributed by atoms with van der Waals surface area (Å²) in [7, 11) is -3.28. The van der Waals surface area contributed by atoms with Gasteiger partial charge in [0.1, 0.15) is 6.61 Å². The molecule has 1 unspecified atom stereocenters. The van der Waals surface area contributed by atoms with Crippen LogP contribution >= 0.6 is 12.2 Å². The highest BCUT2D eigenvalue weighted by Crippen LogP contribution is 2.25. The molecule has 7 heteroatoms. The molecular formula is C17H25NO4S2. The highest BCUT2D eigenvalue weighted by Gasteiger charge is 2.34. The van der Waals surface area contributed by atoms with Crippen LogP contribution in [0.4, 0.5) is 0 Å². The lowest BCUT2D eigenvalue weighted by atomic mass is 9.95. The predicted octanol–water partition coefficient (Wildman–Crippen LogP) is 2.61. The van der Waals surface area contributed by atoms with E-state index < -0.39 is 10.0 Å². The second-order valence-electron chi connectivity index (χ2n) is 6.23. The number of hydrogen-bond acceptors (Lipinski definition) is 5. The Balaban J connectivity index is 1.87. The van der Waals surface area contributed by atoms with Crippen LogP contribution < -0.4 is 0 Å². The lowest BCUT2D eigenvalue weighted by Gasteiger charge is -2.37. The fraction of sp³-hybridized carbons (Fsp3) is 0.588. The summed E-state index contributed by atoms with van der Waals surface area (Å²) in [6.45, 7) is 3.59. The van der Waals surface area contributed by atoms with E-state index in [-0.39, 0.29) is 12.0 Å². The van der Waals surface area contributed by atoms with Crippen molar-refractivity contribution in [2.24, 2.45) is 5.92 Å². The molecule has 1 aromatic carbocycles. The number of benzene rings is 1. The largest absolute Gasteiger partial charge is 0.486 e. The first kappa shape index (κ1) is 19.3. The molecule has 0 N–H and O–H groups in total. The van der Waals surface area contributed by atoms with Crippen molar-refractivity contribution in [2.75, 3.05) is 26.0 Å². The quantitative estimate of drug-likeness (QED) is 0.690. The first-order valence-electron chi connectivity index (χ1n) is 8.08. The van der Waals surface area contributed by atoms with Crippen LogP contribution in [0.3, 0.4) is 0 Å². The predicted molar refractivity (Wildman–Crippen MR) is 98.4 cm³/mol. The summed E-state index contributed by atoms with van der Waals surface area (Å²) in [5.41, 5.74) is 1.12. The van der Waals surface area contributed by atoms with Crippen LogP contribution in [-0.4, -0.2) is 49.8 Å². The Morgan fingerprint density at radius 3 is 2.58 bits per heavy atom. The third-order valence-corrected chi connectivity index (χ3v) is 5.54. The Morgan fingerprint density at radius 2 is 1.96 bits per heavy atom. The lowest BCUT2D eigenvalue weighted by molar-refractivity contribution is 0.0483. The smallest absolute Gasteiger partial charge is 0.211 e. The van der Waals surface area contributed by atoms with Crippen molar-refractivity contribution >= 4 is 27.3 Å². The zero-order valence-electron chi connectivity index (χ0n) is 14.2. The maximum absolute atomic E-state index is 12.1. The second-order valence-corrected chi connectivity index (χ2v) is 8.74. The summed E-state index contributed by atoms with van der Waals surface area (Å²) in [4.78, 5) is 0. The van der Waals surface area contributed by atoms with Crippen LogP contribution in [0, 0.1) is 5.92 Å². The summed E-state index contributed by atoms with van der Waals surface area (Å²) in [5, 5.41) is 0.441. The zero-order chi connectivity index (χ0) is 17.6. The number of hydrogen-bond donors (Lipinski definition) is 0. The first-order chi connectivity index (χ1) is 11.4. The van der Waals surface area contributed by atoms with E-state index in [4.69, 9.17) is 21.7 Å². The van der Waals surface area contributed by atoms with E-state index in [1.54, 1.807) is 6.92 Å². The van der Waals surface area contributed by atoms with Gasteiger partial charge in [-0.3, -0.25) is 0 Å². The molecule has 24 heavy (non-hydrogen) atoms. The number of nitrogens with zero attached hydrogens (tertiary/aromatic N) is 1. The summed E-state index contributed by atoms with van der Waals surface area (Å²) in [6.07, 6.45) is 2.93. The molecule has 1 aliphatic heterocycles. The van der Waals surface area contributed by atoms with Gasteiger partial charge in [-0.15, -0.1) is 0 Å². The van der Waals surface area contributed by atoms with Crippen LogP contribution in [0.25, 0.3) is 0 Å². The van der Waals surface area contributed by atoms with Crippen molar-refractivity contribution in [2.45, 2.75) is 32.4 Å². The molecule has 1 heterocycles. The Hall–Kier alpha value is -1.02. The molecule has 1 fully saturated rings. The van der Waals surface area contributed by atoms with Crippen LogP contribution in [-0.2, 0) is 26.1 Å². The molecule has 2 rings (SSSR count). The standard InChI is InChI=1S/C17H25NO4S2/c1-14(23)22-13-17-9-8-16(10-18(17)24(2,19)20)12-21-11-15-6-4-3-5-7-15/h3-7,16-17H,8-13H2,1-2H3/t16?,17-/m0/s1. The molecule has 1 aromatic rings. The minimum Gasteiger partial charge on any atom is -0.486 e. The maximum Gasteiger partial charge on any atom is 0.211 e. The third kappa shape index (κ3) is 6.12. The minimum absolute atomic E-state index is 0.150. The Kier molecular flexibility index (Phi) is 7.16. The van der Waals surface area contributed by atoms with Crippen molar-refractivity contribution in [1.29, 1.82) is 0 Å². The van der Waals surface area contributed by atoms with Crippen LogP contribution in [0.5, 0.6) is 0 Å². The zero-order valence-corrected chi connectivity index (χ0v) is 15.8. The second kappa shape index (κ2) is 8.89. The van der Waals surface area contributed by atoms with Gasteiger partial charge in [0.05, 0.1) is 25.5 Å². The average molecular weight is 372 g/mol. The summed E-state index contributed by atoms with van der Waals surface area (Å²) in [5.74, 6) is 0.202. The van der Waals surface area contributed by atoms with Gasteiger partial charge in [-0.05, 0) is 36.5 Å². The maximum atomic E-state index is 12.1. The monoisotopic (exact) mass is 371 g/mol.